The van der Waals surface area contributed by atoms with Gasteiger partial charge in [0.2, 0.25) is 11.8 Å². The Balaban J connectivity index is 1.88. The van der Waals surface area contributed by atoms with Crippen LogP contribution in [-0.2, 0) is 9.59 Å². The van der Waals surface area contributed by atoms with E-state index in [4.69, 9.17) is 6.42 Å². The molecule has 4 nitrogen and oxygen atoms in total. The van der Waals surface area contributed by atoms with E-state index in [9.17, 15) is 18.4 Å². The van der Waals surface area contributed by atoms with Gasteiger partial charge >= 0.3 is 0 Å². The number of nitrogens with one attached hydrogen (secondary N) is 2. The van der Waals surface area contributed by atoms with Crippen LogP contribution in [0.2, 0.25) is 0 Å². The van der Waals surface area contributed by atoms with Crippen LogP contribution in [0.5, 0.6) is 0 Å². The number of carbonyl (C=O) groups excluding carboxylic acids is 2. The van der Waals surface area contributed by atoms with Gasteiger partial charge in [-0.15, -0.1) is 6.42 Å². The van der Waals surface area contributed by atoms with Crippen LogP contribution < -0.4 is 10.6 Å². The molecule has 1 fully saturated rings. The van der Waals surface area contributed by atoms with Crippen molar-refractivity contribution in [3.05, 3.63) is 29.8 Å². The molecule has 0 atom stereocenters. The molecule has 0 spiro atoms. The van der Waals surface area contributed by atoms with Crippen LogP contribution in [0.4, 0.5) is 14.5 Å². The highest BCUT2D eigenvalue weighted by molar-refractivity contribution is 5.90. The summed E-state index contributed by atoms with van der Waals surface area (Å²) in [6, 6.07) is 2.89. The number of terminal acetylenes is 1. The van der Waals surface area contributed by atoms with Crippen LogP contribution in [0.25, 0.3) is 0 Å². The van der Waals surface area contributed by atoms with Gasteiger partial charge in [0.05, 0.1) is 0 Å². The SMILES string of the molecule is C#CC1(NC(C)=O)CCC(CC(=O)Nc2cc(F)cc(F)c2)CC1. The molecule has 0 heterocycles. The Hall–Kier alpha value is -2.42. The van der Waals surface area contributed by atoms with Crippen LogP contribution in [0.3, 0.4) is 0 Å². The van der Waals surface area contributed by atoms with Gasteiger partial charge in [-0.2, -0.15) is 0 Å². The molecule has 2 N–H and O–H groups in total. The van der Waals surface area contributed by atoms with Crippen molar-refractivity contribution >= 4 is 17.5 Å². The minimum absolute atomic E-state index is 0.101. The molecular weight excluding hydrogens is 314 g/mol. The standard InChI is InChI=1S/C18H20F2N2O2/c1-3-18(22-12(2)23)6-4-13(5-7-18)8-17(24)21-16-10-14(19)9-15(20)11-16/h1,9-11,13H,4-8H2,2H3,(H,21,24)(H,22,23). The lowest BCUT2D eigenvalue weighted by atomic mass is 9.75. The zero-order valence-corrected chi connectivity index (χ0v) is 13.5. The van der Waals surface area contributed by atoms with Crippen LogP contribution in [0.1, 0.15) is 39.0 Å². The molecule has 0 aliphatic heterocycles. The largest absolute Gasteiger partial charge is 0.340 e. The third-order valence-corrected chi connectivity index (χ3v) is 4.27. The van der Waals surface area contributed by atoms with Gasteiger partial charge in [-0.3, -0.25) is 9.59 Å². The molecule has 0 saturated heterocycles. The number of anilines is 1. The Labute approximate surface area is 140 Å². The van der Waals surface area contributed by atoms with E-state index >= 15 is 0 Å². The lowest BCUT2D eigenvalue weighted by Crippen LogP contribution is -2.49. The molecule has 0 radical (unpaired) electrons. The summed E-state index contributed by atoms with van der Waals surface area (Å²) in [6.45, 7) is 1.43. The molecule has 0 bridgehead atoms. The fraction of sp³-hybridized carbons (Fsp3) is 0.444. The molecule has 128 valence electrons. The van der Waals surface area contributed by atoms with E-state index in [2.05, 4.69) is 16.6 Å². The van der Waals surface area contributed by atoms with Crippen LogP contribution in [-0.4, -0.2) is 17.4 Å². The number of hydrogen-bond donors (Lipinski definition) is 2. The van der Waals surface area contributed by atoms with E-state index in [1.54, 1.807) is 0 Å². The molecule has 1 aliphatic carbocycles. The highest BCUT2D eigenvalue weighted by Gasteiger charge is 2.34. The maximum atomic E-state index is 13.1. The summed E-state index contributed by atoms with van der Waals surface area (Å²) in [5, 5.41) is 5.32. The average molecular weight is 334 g/mol. The molecular formula is C18H20F2N2O2. The Morgan fingerprint density at radius 2 is 1.83 bits per heavy atom. The van der Waals surface area contributed by atoms with E-state index in [0.717, 1.165) is 18.2 Å². The van der Waals surface area contributed by atoms with E-state index in [1.165, 1.54) is 6.92 Å². The summed E-state index contributed by atoms with van der Waals surface area (Å²) >= 11 is 0. The normalized spacial score (nSPS) is 23.2. The summed E-state index contributed by atoms with van der Waals surface area (Å²) in [7, 11) is 0. The third kappa shape index (κ3) is 4.79. The van der Waals surface area contributed by atoms with E-state index in [-0.39, 0.29) is 29.8 Å². The lowest BCUT2D eigenvalue weighted by molar-refractivity contribution is -0.121. The quantitative estimate of drug-likeness (QED) is 0.832. The molecule has 1 aliphatic rings. The number of halogens is 2. The summed E-state index contributed by atoms with van der Waals surface area (Å²) in [5.74, 6) is 0.842. The molecule has 1 saturated carbocycles. The summed E-state index contributed by atoms with van der Waals surface area (Å²) < 4.78 is 26.2. The second-order valence-electron chi connectivity index (χ2n) is 6.26. The van der Waals surface area contributed by atoms with Gasteiger partial charge in [0.25, 0.3) is 0 Å². The van der Waals surface area contributed by atoms with E-state index < -0.39 is 17.2 Å². The summed E-state index contributed by atoms with van der Waals surface area (Å²) in [4.78, 5) is 23.3. The second kappa shape index (κ2) is 7.43. The summed E-state index contributed by atoms with van der Waals surface area (Å²) in [6.07, 6.45) is 8.42. The van der Waals surface area contributed by atoms with Crippen molar-refractivity contribution in [3.8, 4) is 12.3 Å². The molecule has 6 heteroatoms. The second-order valence-corrected chi connectivity index (χ2v) is 6.26. The van der Waals surface area contributed by atoms with Crippen molar-refractivity contribution in [2.24, 2.45) is 5.92 Å². The Bertz CT molecular complexity index is 654. The summed E-state index contributed by atoms with van der Waals surface area (Å²) in [5.41, 5.74) is -0.533. The minimum atomic E-state index is -0.739. The first kappa shape index (κ1) is 17.9. The average Bonchev–Trinajstić information content (AvgIpc) is 2.47. The fourth-order valence-corrected chi connectivity index (χ4v) is 3.12. The number of hydrogen-bond acceptors (Lipinski definition) is 2. The van der Waals surface area contributed by atoms with Crippen LogP contribution in [0.15, 0.2) is 18.2 Å². The first-order valence-corrected chi connectivity index (χ1v) is 7.84. The Kier molecular flexibility index (Phi) is 5.55. The fourth-order valence-electron chi connectivity index (χ4n) is 3.12. The van der Waals surface area contributed by atoms with Crippen molar-refractivity contribution in [2.45, 2.75) is 44.6 Å². The van der Waals surface area contributed by atoms with E-state index in [0.29, 0.717) is 25.7 Å². The van der Waals surface area contributed by atoms with Gasteiger partial charge < -0.3 is 10.6 Å². The number of benzene rings is 1. The van der Waals surface area contributed by atoms with Crippen LogP contribution >= 0.6 is 0 Å². The molecule has 2 rings (SSSR count). The zero-order valence-electron chi connectivity index (χ0n) is 13.5. The van der Waals surface area contributed by atoms with Gasteiger partial charge in [-0.05, 0) is 43.7 Å². The smallest absolute Gasteiger partial charge is 0.224 e. The van der Waals surface area contributed by atoms with Crippen molar-refractivity contribution in [2.75, 3.05) is 5.32 Å². The molecule has 2 amide bonds. The predicted molar refractivity (Wildman–Crippen MR) is 86.9 cm³/mol. The van der Waals surface area contributed by atoms with Gasteiger partial charge in [0, 0.05) is 25.1 Å². The van der Waals surface area contributed by atoms with Crippen molar-refractivity contribution in [3.63, 3.8) is 0 Å². The van der Waals surface area contributed by atoms with E-state index in [1.807, 2.05) is 0 Å². The van der Waals surface area contributed by atoms with Gasteiger partial charge in [-0.25, -0.2) is 8.78 Å². The predicted octanol–water partition coefficient (Wildman–Crippen LogP) is 2.99. The molecule has 1 aromatic rings. The van der Waals surface area contributed by atoms with Crippen molar-refractivity contribution < 1.29 is 18.4 Å². The number of rotatable bonds is 4. The third-order valence-electron chi connectivity index (χ3n) is 4.27. The minimum Gasteiger partial charge on any atom is -0.340 e. The highest BCUT2D eigenvalue weighted by atomic mass is 19.1. The maximum absolute atomic E-state index is 13.1. The molecule has 24 heavy (non-hydrogen) atoms. The molecule has 0 aromatic heterocycles. The van der Waals surface area contributed by atoms with Gasteiger partial charge in [-0.1, -0.05) is 5.92 Å². The first-order valence-electron chi connectivity index (χ1n) is 7.84. The maximum Gasteiger partial charge on any atom is 0.224 e. The highest BCUT2D eigenvalue weighted by Crippen LogP contribution is 2.33. The topological polar surface area (TPSA) is 58.2 Å². The van der Waals surface area contributed by atoms with Crippen molar-refractivity contribution in [1.82, 2.24) is 5.32 Å². The molecule has 0 unspecified atom stereocenters. The Morgan fingerprint density at radius 1 is 1.25 bits per heavy atom. The zero-order chi connectivity index (χ0) is 17.7. The van der Waals surface area contributed by atoms with Crippen LogP contribution in [0, 0.1) is 29.9 Å². The monoisotopic (exact) mass is 334 g/mol. The lowest BCUT2D eigenvalue weighted by Gasteiger charge is -2.36. The van der Waals surface area contributed by atoms with Crippen molar-refractivity contribution in [1.29, 1.82) is 0 Å². The molecule has 1 aromatic carbocycles. The van der Waals surface area contributed by atoms with Gasteiger partial charge in [0.1, 0.15) is 17.2 Å². The number of amides is 2. The first-order chi connectivity index (χ1) is 11.3. The Morgan fingerprint density at radius 3 is 2.33 bits per heavy atom. The van der Waals surface area contributed by atoms with Gasteiger partial charge in [0.15, 0.2) is 0 Å². The number of carbonyl (C=O) groups is 2.